The standard InChI is InChI=1S/C21H25N3O3/c1-15-9-11-18(12-10-15)23-19(25)14-24(3)20(26)13-16(2)22-21(27)17-7-5-4-6-8-17/h4-12,16H,13-14H2,1-3H3,(H,22,27)(H,23,25)/t16-/m1/s1. The number of nitrogens with one attached hydrogen (secondary N) is 2. The van der Waals surface area contributed by atoms with Gasteiger partial charge < -0.3 is 15.5 Å². The summed E-state index contributed by atoms with van der Waals surface area (Å²) in [6.45, 7) is 3.68. The molecule has 0 aliphatic rings. The van der Waals surface area contributed by atoms with Crippen molar-refractivity contribution in [3.63, 3.8) is 0 Å². The van der Waals surface area contributed by atoms with E-state index < -0.39 is 0 Å². The summed E-state index contributed by atoms with van der Waals surface area (Å²) in [5.74, 6) is -0.707. The molecule has 142 valence electrons. The lowest BCUT2D eigenvalue weighted by molar-refractivity contribution is -0.133. The third kappa shape index (κ3) is 6.58. The number of rotatable bonds is 7. The maximum absolute atomic E-state index is 12.3. The molecule has 2 N–H and O–H groups in total. The van der Waals surface area contributed by atoms with E-state index in [0.717, 1.165) is 5.56 Å². The fraction of sp³-hybridized carbons (Fsp3) is 0.286. The van der Waals surface area contributed by atoms with Crippen LogP contribution in [-0.2, 0) is 9.59 Å². The molecule has 0 radical (unpaired) electrons. The van der Waals surface area contributed by atoms with Crippen molar-refractivity contribution in [2.45, 2.75) is 26.3 Å². The van der Waals surface area contributed by atoms with E-state index in [1.165, 1.54) is 4.90 Å². The normalized spacial score (nSPS) is 11.4. The second kappa shape index (κ2) is 9.52. The Morgan fingerprint density at radius 2 is 1.63 bits per heavy atom. The second-order valence-corrected chi connectivity index (χ2v) is 6.61. The zero-order valence-electron chi connectivity index (χ0n) is 15.9. The molecule has 3 amide bonds. The molecule has 1 atom stereocenters. The van der Waals surface area contributed by atoms with Gasteiger partial charge in [0.25, 0.3) is 5.91 Å². The average Bonchev–Trinajstić information content (AvgIpc) is 2.64. The van der Waals surface area contributed by atoms with Crippen LogP contribution in [0.2, 0.25) is 0 Å². The van der Waals surface area contributed by atoms with Gasteiger partial charge in [-0.2, -0.15) is 0 Å². The summed E-state index contributed by atoms with van der Waals surface area (Å²) in [4.78, 5) is 37.9. The molecule has 6 heteroatoms. The number of amides is 3. The maximum Gasteiger partial charge on any atom is 0.251 e. The quantitative estimate of drug-likeness (QED) is 0.790. The van der Waals surface area contributed by atoms with Crippen molar-refractivity contribution < 1.29 is 14.4 Å². The molecule has 2 aromatic rings. The Balaban J connectivity index is 1.79. The third-order valence-corrected chi connectivity index (χ3v) is 4.04. The van der Waals surface area contributed by atoms with Crippen LogP contribution in [0.1, 0.15) is 29.3 Å². The number of hydrogen-bond donors (Lipinski definition) is 2. The van der Waals surface area contributed by atoms with Crippen LogP contribution in [0.5, 0.6) is 0 Å². The first-order valence-electron chi connectivity index (χ1n) is 8.81. The lowest BCUT2D eigenvalue weighted by Crippen LogP contribution is -2.40. The first kappa shape index (κ1) is 20.2. The molecule has 0 bridgehead atoms. The molecule has 0 unspecified atom stereocenters. The van der Waals surface area contributed by atoms with Crippen molar-refractivity contribution in [2.75, 3.05) is 18.9 Å². The van der Waals surface area contributed by atoms with Crippen LogP contribution >= 0.6 is 0 Å². The van der Waals surface area contributed by atoms with E-state index in [-0.39, 0.29) is 36.7 Å². The van der Waals surface area contributed by atoms with Crippen molar-refractivity contribution in [3.8, 4) is 0 Å². The van der Waals surface area contributed by atoms with Gasteiger partial charge in [-0.25, -0.2) is 0 Å². The van der Waals surface area contributed by atoms with Gasteiger partial charge in [0.2, 0.25) is 11.8 Å². The van der Waals surface area contributed by atoms with Crippen LogP contribution in [0.4, 0.5) is 5.69 Å². The van der Waals surface area contributed by atoms with Crippen molar-refractivity contribution >= 4 is 23.4 Å². The van der Waals surface area contributed by atoms with Gasteiger partial charge in [0.05, 0.1) is 6.54 Å². The van der Waals surface area contributed by atoms with Crippen LogP contribution in [-0.4, -0.2) is 42.3 Å². The average molecular weight is 367 g/mol. The molecule has 0 spiro atoms. The number of benzene rings is 2. The Kier molecular flexibility index (Phi) is 7.11. The molecule has 0 aliphatic carbocycles. The summed E-state index contributed by atoms with van der Waals surface area (Å²) < 4.78 is 0. The number of carbonyl (C=O) groups excluding carboxylic acids is 3. The summed E-state index contributed by atoms with van der Waals surface area (Å²) >= 11 is 0. The van der Waals surface area contributed by atoms with Crippen molar-refractivity contribution in [3.05, 3.63) is 65.7 Å². The van der Waals surface area contributed by atoms with Crippen LogP contribution in [0.25, 0.3) is 0 Å². The van der Waals surface area contributed by atoms with Gasteiger partial charge >= 0.3 is 0 Å². The molecular weight excluding hydrogens is 342 g/mol. The molecule has 2 rings (SSSR count). The highest BCUT2D eigenvalue weighted by molar-refractivity contribution is 5.95. The van der Waals surface area contributed by atoms with Gasteiger partial charge in [-0.05, 0) is 38.1 Å². The summed E-state index contributed by atoms with van der Waals surface area (Å²) in [5.41, 5.74) is 2.34. The Bertz CT molecular complexity index is 788. The molecule has 0 saturated heterocycles. The predicted molar refractivity (Wildman–Crippen MR) is 105 cm³/mol. The first-order chi connectivity index (χ1) is 12.8. The monoisotopic (exact) mass is 367 g/mol. The minimum atomic E-state index is -0.340. The van der Waals surface area contributed by atoms with Crippen LogP contribution in [0, 0.1) is 6.92 Å². The molecule has 0 aromatic heterocycles. The minimum Gasteiger partial charge on any atom is -0.349 e. The van der Waals surface area contributed by atoms with E-state index >= 15 is 0 Å². The SMILES string of the molecule is Cc1ccc(NC(=O)CN(C)C(=O)C[C@@H](C)NC(=O)c2ccccc2)cc1. The lowest BCUT2D eigenvalue weighted by Gasteiger charge is -2.20. The van der Waals surface area contributed by atoms with E-state index in [1.54, 1.807) is 38.2 Å². The van der Waals surface area contributed by atoms with Crippen molar-refractivity contribution in [1.82, 2.24) is 10.2 Å². The van der Waals surface area contributed by atoms with E-state index in [1.807, 2.05) is 37.3 Å². The fourth-order valence-corrected chi connectivity index (χ4v) is 2.51. The molecule has 27 heavy (non-hydrogen) atoms. The molecule has 0 heterocycles. The molecule has 0 aliphatic heterocycles. The molecule has 2 aromatic carbocycles. The van der Waals surface area contributed by atoms with Crippen LogP contribution in [0.3, 0.4) is 0 Å². The maximum atomic E-state index is 12.3. The van der Waals surface area contributed by atoms with E-state index in [9.17, 15) is 14.4 Å². The van der Waals surface area contributed by atoms with E-state index in [2.05, 4.69) is 10.6 Å². The topological polar surface area (TPSA) is 78.5 Å². The first-order valence-corrected chi connectivity index (χ1v) is 8.81. The fourth-order valence-electron chi connectivity index (χ4n) is 2.51. The number of nitrogens with zero attached hydrogens (tertiary/aromatic N) is 1. The third-order valence-electron chi connectivity index (χ3n) is 4.04. The summed E-state index contributed by atoms with van der Waals surface area (Å²) in [5, 5.41) is 5.55. The largest absolute Gasteiger partial charge is 0.349 e. The number of aryl methyl sites for hydroxylation is 1. The summed E-state index contributed by atoms with van der Waals surface area (Å²) in [6, 6.07) is 15.9. The second-order valence-electron chi connectivity index (χ2n) is 6.61. The van der Waals surface area contributed by atoms with Gasteiger partial charge in [0.1, 0.15) is 0 Å². The van der Waals surface area contributed by atoms with Gasteiger partial charge in [-0.15, -0.1) is 0 Å². The van der Waals surface area contributed by atoms with Gasteiger partial charge in [-0.1, -0.05) is 35.9 Å². The van der Waals surface area contributed by atoms with Gasteiger partial charge in [0, 0.05) is 30.8 Å². The highest BCUT2D eigenvalue weighted by Crippen LogP contribution is 2.08. The van der Waals surface area contributed by atoms with Crippen molar-refractivity contribution in [1.29, 1.82) is 0 Å². The number of hydrogen-bond acceptors (Lipinski definition) is 3. The zero-order valence-corrected chi connectivity index (χ0v) is 15.9. The van der Waals surface area contributed by atoms with Crippen LogP contribution in [0.15, 0.2) is 54.6 Å². The van der Waals surface area contributed by atoms with Gasteiger partial charge in [-0.3, -0.25) is 14.4 Å². The van der Waals surface area contributed by atoms with Crippen LogP contribution < -0.4 is 10.6 Å². The van der Waals surface area contributed by atoms with Gasteiger partial charge in [0.15, 0.2) is 0 Å². The Morgan fingerprint density at radius 3 is 2.26 bits per heavy atom. The number of carbonyl (C=O) groups is 3. The van der Waals surface area contributed by atoms with E-state index in [0.29, 0.717) is 11.3 Å². The molecule has 6 nitrogen and oxygen atoms in total. The lowest BCUT2D eigenvalue weighted by atomic mass is 10.1. The Morgan fingerprint density at radius 1 is 1.00 bits per heavy atom. The Labute approximate surface area is 159 Å². The highest BCUT2D eigenvalue weighted by Gasteiger charge is 2.18. The molecular formula is C21H25N3O3. The van der Waals surface area contributed by atoms with Crippen molar-refractivity contribution in [2.24, 2.45) is 0 Å². The number of likely N-dealkylation sites (N-methyl/N-ethyl adjacent to an activating group) is 1. The predicted octanol–water partition coefficient (Wildman–Crippen LogP) is 2.60. The number of anilines is 1. The zero-order chi connectivity index (χ0) is 19.8. The van der Waals surface area contributed by atoms with E-state index in [4.69, 9.17) is 0 Å². The Hall–Kier alpha value is -3.15. The smallest absolute Gasteiger partial charge is 0.251 e. The highest BCUT2D eigenvalue weighted by atomic mass is 16.2. The molecule has 0 fully saturated rings. The minimum absolute atomic E-state index is 0.0495. The summed E-state index contributed by atoms with van der Waals surface area (Å²) in [7, 11) is 1.57. The molecule has 0 saturated carbocycles. The summed E-state index contributed by atoms with van der Waals surface area (Å²) in [6.07, 6.45) is 0.118.